The van der Waals surface area contributed by atoms with Gasteiger partial charge in [-0.05, 0) is 24.3 Å². The van der Waals surface area contributed by atoms with Gasteiger partial charge < -0.3 is 14.4 Å². The van der Waals surface area contributed by atoms with Gasteiger partial charge in [0, 0.05) is 45.9 Å². The molecule has 0 N–H and O–H groups in total. The molecule has 0 spiro atoms. The lowest BCUT2D eigenvalue weighted by molar-refractivity contribution is -0.131. The van der Waals surface area contributed by atoms with Gasteiger partial charge in [0.25, 0.3) is 0 Å². The number of ether oxygens (including phenoxy) is 2. The average molecular weight is 358 g/mol. The van der Waals surface area contributed by atoms with Crippen LogP contribution in [0.2, 0.25) is 0 Å². The van der Waals surface area contributed by atoms with E-state index in [1.54, 1.807) is 13.2 Å². The second-order valence-corrected chi connectivity index (χ2v) is 7.11. The summed E-state index contributed by atoms with van der Waals surface area (Å²) in [6.45, 7) is 5.74. The molecule has 2 aliphatic heterocycles. The molecule has 2 aliphatic rings. The Morgan fingerprint density at radius 2 is 2.00 bits per heavy atom. The first-order valence-corrected chi connectivity index (χ1v) is 9.58. The third-order valence-corrected chi connectivity index (χ3v) is 5.38. The maximum atomic E-state index is 12.5. The molecule has 2 saturated heterocycles. The minimum Gasteiger partial charge on any atom is -0.379 e. The van der Waals surface area contributed by atoms with Crippen molar-refractivity contribution in [1.82, 2.24) is 9.80 Å². The second-order valence-electron chi connectivity index (χ2n) is 7.11. The van der Waals surface area contributed by atoms with Gasteiger partial charge in [-0.3, -0.25) is 9.69 Å². The van der Waals surface area contributed by atoms with Gasteiger partial charge in [0.15, 0.2) is 0 Å². The molecule has 0 aliphatic carbocycles. The fourth-order valence-electron chi connectivity index (χ4n) is 3.77. The lowest BCUT2D eigenvalue weighted by Gasteiger charge is -2.37. The fourth-order valence-corrected chi connectivity index (χ4v) is 3.77. The Morgan fingerprint density at radius 1 is 1.23 bits per heavy atom. The standard InChI is InChI=1S/C21H30N2O3/c1-25-20-17-23(11-9-19(20)16-18-6-3-2-4-7-18)21(24)8-5-10-22-12-14-26-15-13-22/h2-8,19-20H,9-17H2,1H3/b8-5+/t19-,20+/m1/s1. The maximum Gasteiger partial charge on any atom is 0.246 e. The number of rotatable bonds is 6. The highest BCUT2D eigenvalue weighted by atomic mass is 16.5. The number of amides is 1. The summed E-state index contributed by atoms with van der Waals surface area (Å²) in [4.78, 5) is 16.7. The molecule has 0 bridgehead atoms. The summed E-state index contributed by atoms with van der Waals surface area (Å²) in [7, 11) is 1.75. The minimum absolute atomic E-state index is 0.0958. The van der Waals surface area contributed by atoms with Crippen molar-refractivity contribution in [2.24, 2.45) is 5.92 Å². The molecule has 1 amide bonds. The number of likely N-dealkylation sites (tertiary alicyclic amines) is 1. The van der Waals surface area contributed by atoms with Crippen LogP contribution in [0.4, 0.5) is 0 Å². The SMILES string of the molecule is CO[C@H]1CN(C(=O)/C=C/CN2CCOCC2)CC[C@@H]1Cc1ccccc1. The van der Waals surface area contributed by atoms with Crippen LogP contribution in [0.3, 0.4) is 0 Å². The van der Waals surface area contributed by atoms with Crippen molar-refractivity contribution in [2.45, 2.75) is 18.9 Å². The van der Waals surface area contributed by atoms with Crippen LogP contribution in [-0.4, -0.2) is 74.9 Å². The lowest BCUT2D eigenvalue weighted by atomic mass is 9.87. The summed E-state index contributed by atoms with van der Waals surface area (Å²) in [5.74, 6) is 0.558. The number of benzene rings is 1. The molecule has 1 aromatic rings. The zero-order valence-corrected chi connectivity index (χ0v) is 15.7. The van der Waals surface area contributed by atoms with Crippen LogP contribution in [-0.2, 0) is 20.7 Å². The molecule has 2 fully saturated rings. The third-order valence-electron chi connectivity index (χ3n) is 5.38. The van der Waals surface area contributed by atoms with E-state index in [1.807, 2.05) is 17.0 Å². The summed E-state index contributed by atoms with van der Waals surface area (Å²) in [6, 6.07) is 10.5. The predicted molar refractivity (Wildman–Crippen MR) is 102 cm³/mol. The molecular formula is C21H30N2O3. The minimum atomic E-state index is 0.0958. The highest BCUT2D eigenvalue weighted by molar-refractivity contribution is 5.87. The lowest BCUT2D eigenvalue weighted by Crippen LogP contribution is -2.47. The molecule has 0 aromatic heterocycles. The van der Waals surface area contributed by atoms with Gasteiger partial charge in [0.2, 0.25) is 5.91 Å². The number of hydrogen-bond donors (Lipinski definition) is 0. The van der Waals surface area contributed by atoms with Crippen LogP contribution in [0.5, 0.6) is 0 Å². The summed E-state index contributed by atoms with van der Waals surface area (Å²) >= 11 is 0. The number of carbonyl (C=O) groups is 1. The van der Waals surface area contributed by atoms with Crippen LogP contribution in [0.15, 0.2) is 42.5 Å². The molecule has 142 valence electrons. The van der Waals surface area contributed by atoms with Crippen LogP contribution in [0, 0.1) is 5.92 Å². The summed E-state index contributed by atoms with van der Waals surface area (Å²) < 4.78 is 11.1. The second kappa shape index (κ2) is 9.86. The van der Waals surface area contributed by atoms with Crippen LogP contribution < -0.4 is 0 Å². The van der Waals surface area contributed by atoms with Gasteiger partial charge in [0.05, 0.1) is 19.3 Å². The smallest absolute Gasteiger partial charge is 0.246 e. The van der Waals surface area contributed by atoms with E-state index in [0.717, 1.165) is 52.2 Å². The van der Waals surface area contributed by atoms with E-state index in [4.69, 9.17) is 9.47 Å². The Morgan fingerprint density at radius 3 is 2.73 bits per heavy atom. The van der Waals surface area contributed by atoms with Crippen molar-refractivity contribution < 1.29 is 14.3 Å². The topological polar surface area (TPSA) is 42.0 Å². The Bertz CT molecular complexity index is 584. The van der Waals surface area contributed by atoms with Gasteiger partial charge in [0.1, 0.15) is 0 Å². The Labute approximate surface area is 156 Å². The number of hydrogen-bond acceptors (Lipinski definition) is 4. The Balaban J connectivity index is 1.48. The van der Waals surface area contributed by atoms with Gasteiger partial charge in [-0.2, -0.15) is 0 Å². The molecule has 2 atom stereocenters. The van der Waals surface area contributed by atoms with E-state index in [0.29, 0.717) is 12.5 Å². The monoisotopic (exact) mass is 358 g/mol. The molecule has 0 radical (unpaired) electrons. The van der Waals surface area contributed by atoms with E-state index in [9.17, 15) is 4.79 Å². The molecule has 3 rings (SSSR count). The van der Waals surface area contributed by atoms with Crippen LogP contribution in [0.1, 0.15) is 12.0 Å². The van der Waals surface area contributed by atoms with E-state index >= 15 is 0 Å². The first kappa shape index (κ1) is 19.1. The van der Waals surface area contributed by atoms with Crippen LogP contribution in [0.25, 0.3) is 0 Å². The Hall–Kier alpha value is -1.69. The molecule has 5 nitrogen and oxygen atoms in total. The maximum absolute atomic E-state index is 12.5. The number of carbonyl (C=O) groups excluding carboxylic acids is 1. The first-order valence-electron chi connectivity index (χ1n) is 9.58. The van der Waals surface area contributed by atoms with Crippen molar-refractivity contribution in [2.75, 3.05) is 53.0 Å². The predicted octanol–water partition coefficient (Wildman–Crippen LogP) is 1.98. The van der Waals surface area contributed by atoms with Crippen LogP contribution >= 0.6 is 0 Å². The van der Waals surface area contributed by atoms with Crippen molar-refractivity contribution in [3.8, 4) is 0 Å². The highest BCUT2D eigenvalue weighted by Gasteiger charge is 2.30. The summed E-state index contributed by atoms with van der Waals surface area (Å²) in [6.07, 6.45) is 5.79. The number of piperidine rings is 1. The van der Waals surface area contributed by atoms with Gasteiger partial charge in [-0.25, -0.2) is 0 Å². The largest absolute Gasteiger partial charge is 0.379 e. The number of morpholine rings is 1. The first-order chi connectivity index (χ1) is 12.8. The molecule has 26 heavy (non-hydrogen) atoms. The summed E-state index contributed by atoms with van der Waals surface area (Å²) in [5.41, 5.74) is 1.34. The molecule has 1 aromatic carbocycles. The van der Waals surface area contributed by atoms with E-state index in [1.165, 1.54) is 5.56 Å². The molecular weight excluding hydrogens is 328 g/mol. The van der Waals surface area contributed by atoms with E-state index in [-0.39, 0.29) is 12.0 Å². The molecule has 0 saturated carbocycles. The van der Waals surface area contributed by atoms with Gasteiger partial charge in [-0.1, -0.05) is 36.4 Å². The Kier molecular flexibility index (Phi) is 7.23. The van der Waals surface area contributed by atoms with E-state index < -0.39 is 0 Å². The number of methoxy groups -OCH3 is 1. The molecule has 5 heteroatoms. The molecule has 0 unspecified atom stereocenters. The normalized spacial score (nSPS) is 24.9. The third kappa shape index (κ3) is 5.40. The summed E-state index contributed by atoms with van der Waals surface area (Å²) in [5, 5.41) is 0. The van der Waals surface area contributed by atoms with Gasteiger partial charge >= 0.3 is 0 Å². The quantitative estimate of drug-likeness (QED) is 0.730. The van der Waals surface area contributed by atoms with Crippen molar-refractivity contribution in [3.63, 3.8) is 0 Å². The average Bonchev–Trinajstić information content (AvgIpc) is 2.70. The fraction of sp³-hybridized carbons (Fsp3) is 0.571. The zero-order valence-electron chi connectivity index (χ0n) is 15.7. The zero-order chi connectivity index (χ0) is 18.2. The highest BCUT2D eigenvalue weighted by Crippen LogP contribution is 2.24. The van der Waals surface area contributed by atoms with Gasteiger partial charge in [-0.15, -0.1) is 0 Å². The van der Waals surface area contributed by atoms with Crippen molar-refractivity contribution in [3.05, 3.63) is 48.0 Å². The van der Waals surface area contributed by atoms with Crippen molar-refractivity contribution in [1.29, 1.82) is 0 Å². The van der Waals surface area contributed by atoms with Crippen molar-refractivity contribution >= 4 is 5.91 Å². The van der Waals surface area contributed by atoms with E-state index in [2.05, 4.69) is 29.2 Å². The molecule has 2 heterocycles. The number of nitrogens with zero attached hydrogens (tertiary/aromatic N) is 2.